The normalized spacial score (nSPS) is 11.7. The molecule has 1 N–H and O–H groups in total. The number of fused-ring (bicyclic) bond motifs is 1. The fourth-order valence-corrected chi connectivity index (χ4v) is 2.80. The van der Waals surface area contributed by atoms with Gasteiger partial charge in [-0.05, 0) is 37.6 Å². The molecule has 0 radical (unpaired) electrons. The van der Waals surface area contributed by atoms with Gasteiger partial charge in [0.2, 0.25) is 0 Å². The monoisotopic (exact) mass is 408 g/mol. The van der Waals surface area contributed by atoms with Crippen LogP contribution in [0.3, 0.4) is 0 Å². The van der Waals surface area contributed by atoms with E-state index in [1.165, 1.54) is 31.4 Å². The largest absolute Gasteiger partial charge is 0.573 e. The molecule has 0 fully saturated rings. The second kappa shape index (κ2) is 8.02. The van der Waals surface area contributed by atoms with E-state index in [-0.39, 0.29) is 17.4 Å². The lowest BCUT2D eigenvalue weighted by Crippen LogP contribution is -2.17. The summed E-state index contributed by atoms with van der Waals surface area (Å²) in [5.41, 5.74) is 2.22. The first kappa shape index (κ1) is 20.5. The molecule has 0 unspecified atom stereocenters. The molecule has 3 rings (SSSR count). The second-order valence-corrected chi connectivity index (χ2v) is 6.58. The molecule has 29 heavy (non-hydrogen) atoms. The lowest BCUT2D eigenvalue weighted by molar-refractivity contribution is -0.274. The summed E-state index contributed by atoms with van der Waals surface area (Å²) in [5, 5.41) is 0. The lowest BCUT2D eigenvalue weighted by atomic mass is 10.1. The van der Waals surface area contributed by atoms with E-state index in [2.05, 4.69) is 14.7 Å². The minimum atomic E-state index is -4.73. The molecule has 0 bridgehead atoms. The maximum atomic E-state index is 12.3. The van der Waals surface area contributed by atoms with Crippen molar-refractivity contribution < 1.29 is 32.2 Å². The molecule has 0 aliphatic rings. The molecule has 3 aromatic rings. The van der Waals surface area contributed by atoms with Crippen LogP contribution in [0.1, 0.15) is 35.6 Å². The highest BCUT2D eigenvalue weighted by atomic mass is 19.4. The first-order valence-electron chi connectivity index (χ1n) is 8.77. The van der Waals surface area contributed by atoms with E-state index >= 15 is 0 Å². The molecular weight excluding hydrogens is 389 g/mol. The Balaban J connectivity index is 1.86. The van der Waals surface area contributed by atoms with Gasteiger partial charge in [-0.2, -0.15) is 0 Å². The number of nitrogens with zero attached hydrogens (tertiary/aromatic N) is 1. The third kappa shape index (κ3) is 5.18. The molecule has 1 aromatic heterocycles. The highest BCUT2D eigenvalue weighted by Crippen LogP contribution is 2.28. The number of alkyl halides is 3. The number of benzene rings is 2. The number of hydrogen-bond donors (Lipinski definition) is 1. The Morgan fingerprint density at radius 2 is 1.86 bits per heavy atom. The van der Waals surface area contributed by atoms with E-state index < -0.39 is 12.3 Å². The Bertz CT molecular complexity index is 1010. The number of H-pyrrole nitrogens is 1. The molecule has 0 spiro atoms. The average molecular weight is 408 g/mol. The van der Waals surface area contributed by atoms with E-state index in [0.717, 1.165) is 5.56 Å². The summed E-state index contributed by atoms with van der Waals surface area (Å²) in [6.45, 7) is 3.69. The number of aromatic amines is 1. The van der Waals surface area contributed by atoms with Gasteiger partial charge in [0.1, 0.15) is 22.9 Å². The fraction of sp³-hybridized carbons (Fsp3) is 0.300. The zero-order chi connectivity index (χ0) is 21.2. The number of nitrogens with one attached hydrogen (secondary N) is 1. The minimum absolute atomic E-state index is 0.143. The third-order valence-electron chi connectivity index (χ3n) is 3.93. The summed E-state index contributed by atoms with van der Waals surface area (Å²) in [6, 6.07) is 8.81. The highest BCUT2D eigenvalue weighted by molar-refractivity contribution is 5.97. The smallest absolute Gasteiger partial charge is 0.490 e. The summed E-state index contributed by atoms with van der Waals surface area (Å²) < 4.78 is 51.1. The van der Waals surface area contributed by atoms with Gasteiger partial charge in [-0.15, -0.1) is 13.2 Å². The number of ether oxygens (including phenoxy) is 3. The molecule has 0 aliphatic carbocycles. The molecule has 0 saturated carbocycles. The van der Waals surface area contributed by atoms with E-state index in [9.17, 15) is 18.0 Å². The van der Waals surface area contributed by atoms with Crippen molar-refractivity contribution >= 4 is 17.0 Å². The summed E-state index contributed by atoms with van der Waals surface area (Å²) >= 11 is 0. The van der Waals surface area contributed by atoms with Crippen LogP contribution in [-0.4, -0.2) is 35.5 Å². The predicted octanol–water partition coefficient (Wildman–Crippen LogP) is 4.63. The third-order valence-corrected chi connectivity index (χ3v) is 3.93. The van der Waals surface area contributed by atoms with Gasteiger partial charge >= 0.3 is 12.3 Å². The predicted molar refractivity (Wildman–Crippen MR) is 99.1 cm³/mol. The van der Waals surface area contributed by atoms with Crippen LogP contribution in [0.15, 0.2) is 36.4 Å². The zero-order valence-corrected chi connectivity index (χ0v) is 16.0. The molecule has 0 amide bonds. The SMILES string of the molecule is COC(=O)c1cc2nc(Cc3ccc(OC(F)(F)F)cc3)[nH]c2cc1OC(C)C. The number of methoxy groups -OCH3 is 1. The summed E-state index contributed by atoms with van der Waals surface area (Å²) in [5.74, 6) is 0.140. The Labute approximate surface area is 164 Å². The van der Waals surface area contributed by atoms with Crippen LogP contribution in [-0.2, 0) is 11.2 Å². The molecule has 6 nitrogen and oxygen atoms in total. The van der Waals surface area contributed by atoms with Gasteiger partial charge in [0.05, 0.1) is 24.2 Å². The summed E-state index contributed by atoms with van der Waals surface area (Å²) in [6.07, 6.45) is -4.52. The molecule has 154 valence electrons. The van der Waals surface area contributed by atoms with Crippen molar-refractivity contribution in [2.45, 2.75) is 32.7 Å². The van der Waals surface area contributed by atoms with Crippen LogP contribution in [0.4, 0.5) is 13.2 Å². The second-order valence-electron chi connectivity index (χ2n) is 6.58. The van der Waals surface area contributed by atoms with Gasteiger partial charge in [-0.3, -0.25) is 0 Å². The summed E-state index contributed by atoms with van der Waals surface area (Å²) in [4.78, 5) is 19.7. The van der Waals surface area contributed by atoms with E-state index in [4.69, 9.17) is 9.47 Å². The van der Waals surface area contributed by atoms with E-state index in [1.54, 1.807) is 12.1 Å². The van der Waals surface area contributed by atoms with Gasteiger partial charge in [0.15, 0.2) is 0 Å². The number of hydrogen-bond acceptors (Lipinski definition) is 5. The maximum Gasteiger partial charge on any atom is 0.573 e. The van der Waals surface area contributed by atoms with Crippen LogP contribution in [0.2, 0.25) is 0 Å². The molecule has 0 atom stereocenters. The standard InChI is InChI=1S/C20H19F3N2O4/c1-11(2)28-17-10-16-15(9-14(17)19(26)27-3)24-18(25-16)8-12-4-6-13(7-5-12)29-20(21,22)23/h4-7,9-11H,8H2,1-3H3,(H,24,25). The first-order valence-corrected chi connectivity index (χ1v) is 8.77. The van der Waals surface area contributed by atoms with Crippen molar-refractivity contribution in [1.82, 2.24) is 9.97 Å². The Hall–Kier alpha value is -3.23. The van der Waals surface area contributed by atoms with Crippen LogP contribution in [0, 0.1) is 0 Å². The van der Waals surface area contributed by atoms with E-state index in [0.29, 0.717) is 29.0 Å². The zero-order valence-electron chi connectivity index (χ0n) is 16.0. The molecule has 2 aromatic carbocycles. The number of rotatable bonds is 6. The first-order chi connectivity index (χ1) is 13.6. The fourth-order valence-electron chi connectivity index (χ4n) is 2.80. The molecular formula is C20H19F3N2O4. The van der Waals surface area contributed by atoms with Gasteiger partial charge in [0, 0.05) is 12.5 Å². The van der Waals surface area contributed by atoms with Gasteiger partial charge in [-0.25, -0.2) is 9.78 Å². The van der Waals surface area contributed by atoms with Crippen LogP contribution < -0.4 is 9.47 Å². The molecule has 0 aliphatic heterocycles. The average Bonchev–Trinajstić information content (AvgIpc) is 3.01. The van der Waals surface area contributed by atoms with Crippen LogP contribution in [0.5, 0.6) is 11.5 Å². The Morgan fingerprint density at radius 3 is 2.45 bits per heavy atom. The van der Waals surface area contributed by atoms with E-state index in [1.807, 2.05) is 13.8 Å². The summed E-state index contributed by atoms with van der Waals surface area (Å²) in [7, 11) is 1.29. The Morgan fingerprint density at radius 1 is 1.17 bits per heavy atom. The van der Waals surface area contributed by atoms with Crippen LogP contribution in [0.25, 0.3) is 11.0 Å². The van der Waals surface area contributed by atoms with Crippen molar-refractivity contribution in [2.24, 2.45) is 0 Å². The van der Waals surface area contributed by atoms with Crippen molar-refractivity contribution in [3.05, 3.63) is 53.3 Å². The van der Waals surface area contributed by atoms with Gasteiger partial charge in [-0.1, -0.05) is 12.1 Å². The van der Waals surface area contributed by atoms with Crippen molar-refractivity contribution in [1.29, 1.82) is 0 Å². The van der Waals surface area contributed by atoms with Gasteiger partial charge < -0.3 is 19.2 Å². The molecule has 0 saturated heterocycles. The van der Waals surface area contributed by atoms with Crippen molar-refractivity contribution in [2.75, 3.05) is 7.11 Å². The van der Waals surface area contributed by atoms with Crippen molar-refractivity contribution in [3.8, 4) is 11.5 Å². The maximum absolute atomic E-state index is 12.3. The quantitative estimate of drug-likeness (QED) is 0.602. The number of halogens is 3. The number of esters is 1. The van der Waals surface area contributed by atoms with Gasteiger partial charge in [0.25, 0.3) is 0 Å². The molecule has 9 heteroatoms. The number of carbonyl (C=O) groups excluding carboxylic acids is 1. The Kier molecular flexibility index (Phi) is 5.67. The molecule has 1 heterocycles. The lowest BCUT2D eigenvalue weighted by Gasteiger charge is -2.13. The number of imidazole rings is 1. The number of aromatic nitrogens is 2. The minimum Gasteiger partial charge on any atom is -0.490 e. The van der Waals surface area contributed by atoms with Crippen LogP contribution >= 0.6 is 0 Å². The number of carbonyl (C=O) groups is 1. The highest BCUT2D eigenvalue weighted by Gasteiger charge is 2.31. The van der Waals surface area contributed by atoms with Crippen molar-refractivity contribution in [3.63, 3.8) is 0 Å². The topological polar surface area (TPSA) is 73.4 Å².